The number of benzene rings is 2. The van der Waals surface area contributed by atoms with Crippen LogP contribution in [0.3, 0.4) is 0 Å². The van der Waals surface area contributed by atoms with Gasteiger partial charge in [-0.1, -0.05) is 31.2 Å². The van der Waals surface area contributed by atoms with Crippen LogP contribution in [0.4, 0.5) is 5.69 Å². The molecule has 0 saturated carbocycles. The molecular formula is C24H36N4O2. The molecule has 1 unspecified atom stereocenters. The van der Waals surface area contributed by atoms with E-state index < -0.39 is 0 Å². The SMILES string of the molecule is CCNC(=NCc1ccc(NCCOC)cc1)NCCC(C)c1ccc(OC)cc1. The molecule has 164 valence electrons. The molecular weight excluding hydrogens is 376 g/mol. The zero-order chi connectivity index (χ0) is 21.6. The summed E-state index contributed by atoms with van der Waals surface area (Å²) in [6, 6.07) is 16.7. The van der Waals surface area contributed by atoms with E-state index in [1.807, 2.05) is 12.1 Å². The summed E-state index contributed by atoms with van der Waals surface area (Å²) in [7, 11) is 3.40. The van der Waals surface area contributed by atoms with Crippen molar-refractivity contribution < 1.29 is 9.47 Å². The monoisotopic (exact) mass is 412 g/mol. The Morgan fingerprint density at radius 2 is 1.70 bits per heavy atom. The van der Waals surface area contributed by atoms with Gasteiger partial charge in [0, 0.05) is 32.4 Å². The molecule has 0 spiro atoms. The van der Waals surface area contributed by atoms with Crippen LogP contribution in [0.1, 0.15) is 37.3 Å². The Morgan fingerprint density at radius 1 is 0.967 bits per heavy atom. The van der Waals surface area contributed by atoms with Crippen LogP contribution in [-0.4, -0.2) is 46.4 Å². The van der Waals surface area contributed by atoms with E-state index in [1.165, 1.54) is 11.1 Å². The fourth-order valence-electron chi connectivity index (χ4n) is 3.04. The van der Waals surface area contributed by atoms with Gasteiger partial charge >= 0.3 is 0 Å². The normalized spacial score (nSPS) is 12.3. The predicted molar refractivity (Wildman–Crippen MR) is 126 cm³/mol. The van der Waals surface area contributed by atoms with Crippen molar-refractivity contribution in [2.24, 2.45) is 4.99 Å². The smallest absolute Gasteiger partial charge is 0.191 e. The van der Waals surface area contributed by atoms with Crippen LogP contribution in [0.5, 0.6) is 5.75 Å². The van der Waals surface area contributed by atoms with Gasteiger partial charge in [0.2, 0.25) is 0 Å². The van der Waals surface area contributed by atoms with Gasteiger partial charge in [-0.15, -0.1) is 0 Å². The lowest BCUT2D eigenvalue weighted by Crippen LogP contribution is -2.38. The lowest BCUT2D eigenvalue weighted by molar-refractivity contribution is 0.211. The number of aliphatic imine (C=N–C) groups is 1. The van der Waals surface area contributed by atoms with E-state index in [1.54, 1.807) is 14.2 Å². The van der Waals surface area contributed by atoms with Crippen molar-refractivity contribution in [2.75, 3.05) is 45.8 Å². The van der Waals surface area contributed by atoms with Crippen molar-refractivity contribution in [1.82, 2.24) is 10.6 Å². The fraction of sp³-hybridized carbons (Fsp3) is 0.458. The van der Waals surface area contributed by atoms with Gasteiger partial charge in [-0.2, -0.15) is 0 Å². The summed E-state index contributed by atoms with van der Waals surface area (Å²) in [5.41, 5.74) is 3.59. The maximum absolute atomic E-state index is 5.24. The molecule has 6 heteroatoms. The third kappa shape index (κ3) is 8.33. The molecule has 6 nitrogen and oxygen atoms in total. The lowest BCUT2D eigenvalue weighted by Gasteiger charge is -2.15. The molecule has 30 heavy (non-hydrogen) atoms. The predicted octanol–water partition coefficient (Wildman–Crippen LogP) is 4.00. The number of guanidine groups is 1. The number of rotatable bonds is 12. The lowest BCUT2D eigenvalue weighted by atomic mass is 9.98. The van der Waals surface area contributed by atoms with Gasteiger partial charge in [0.1, 0.15) is 5.75 Å². The number of hydrogen-bond donors (Lipinski definition) is 3. The summed E-state index contributed by atoms with van der Waals surface area (Å²) in [5.74, 6) is 2.20. The third-order valence-corrected chi connectivity index (χ3v) is 4.91. The molecule has 0 aliphatic carbocycles. The van der Waals surface area contributed by atoms with E-state index in [0.29, 0.717) is 19.1 Å². The van der Waals surface area contributed by atoms with Crippen molar-refractivity contribution in [3.8, 4) is 5.75 Å². The highest BCUT2D eigenvalue weighted by Gasteiger charge is 2.06. The molecule has 0 fully saturated rings. The van der Waals surface area contributed by atoms with E-state index in [0.717, 1.165) is 43.5 Å². The molecule has 0 heterocycles. The first-order chi connectivity index (χ1) is 14.7. The average Bonchev–Trinajstić information content (AvgIpc) is 2.78. The number of methoxy groups -OCH3 is 2. The molecule has 0 aliphatic rings. The molecule has 0 bridgehead atoms. The molecule has 2 aromatic carbocycles. The molecule has 0 radical (unpaired) electrons. The van der Waals surface area contributed by atoms with Crippen LogP contribution in [0.15, 0.2) is 53.5 Å². The Hall–Kier alpha value is -2.73. The maximum Gasteiger partial charge on any atom is 0.191 e. The van der Waals surface area contributed by atoms with Crippen molar-refractivity contribution in [2.45, 2.75) is 32.7 Å². The first-order valence-corrected chi connectivity index (χ1v) is 10.6. The second-order valence-electron chi connectivity index (χ2n) is 7.20. The van der Waals surface area contributed by atoms with Crippen molar-refractivity contribution in [3.05, 3.63) is 59.7 Å². The second-order valence-corrected chi connectivity index (χ2v) is 7.20. The molecule has 2 rings (SSSR count). The second kappa shape index (κ2) is 13.5. The highest BCUT2D eigenvalue weighted by molar-refractivity contribution is 5.79. The van der Waals surface area contributed by atoms with E-state index >= 15 is 0 Å². The summed E-state index contributed by atoms with van der Waals surface area (Å²) >= 11 is 0. The van der Waals surface area contributed by atoms with E-state index in [-0.39, 0.29) is 0 Å². The number of anilines is 1. The molecule has 0 aromatic heterocycles. The summed E-state index contributed by atoms with van der Waals surface area (Å²) in [4.78, 5) is 4.72. The molecule has 0 amide bonds. The highest BCUT2D eigenvalue weighted by Crippen LogP contribution is 2.21. The van der Waals surface area contributed by atoms with Crippen molar-refractivity contribution >= 4 is 11.6 Å². The van der Waals surface area contributed by atoms with Crippen LogP contribution in [0.2, 0.25) is 0 Å². The molecule has 0 aliphatic heterocycles. The Balaban J connectivity index is 1.81. The average molecular weight is 413 g/mol. The van der Waals surface area contributed by atoms with Gasteiger partial charge in [-0.05, 0) is 54.7 Å². The highest BCUT2D eigenvalue weighted by atomic mass is 16.5. The Labute approximate surface area is 181 Å². The van der Waals surface area contributed by atoms with Gasteiger partial charge < -0.3 is 25.4 Å². The van der Waals surface area contributed by atoms with Gasteiger partial charge in [-0.3, -0.25) is 0 Å². The van der Waals surface area contributed by atoms with Crippen LogP contribution < -0.4 is 20.7 Å². The minimum absolute atomic E-state index is 0.462. The summed E-state index contributed by atoms with van der Waals surface area (Å²) in [6.07, 6.45) is 1.03. The maximum atomic E-state index is 5.24. The quantitative estimate of drug-likeness (QED) is 0.279. The van der Waals surface area contributed by atoms with Crippen LogP contribution in [0, 0.1) is 0 Å². The summed E-state index contributed by atoms with van der Waals surface area (Å²) in [6.45, 7) is 8.16. The topological polar surface area (TPSA) is 66.9 Å². The van der Waals surface area contributed by atoms with Gasteiger partial charge in [0.15, 0.2) is 5.96 Å². The van der Waals surface area contributed by atoms with Crippen molar-refractivity contribution in [3.63, 3.8) is 0 Å². The molecule has 3 N–H and O–H groups in total. The minimum atomic E-state index is 0.462. The number of hydrogen-bond acceptors (Lipinski definition) is 4. The molecule has 0 saturated heterocycles. The van der Waals surface area contributed by atoms with Gasteiger partial charge in [-0.25, -0.2) is 4.99 Å². The third-order valence-electron chi connectivity index (χ3n) is 4.91. The number of nitrogens with one attached hydrogen (secondary N) is 3. The fourth-order valence-corrected chi connectivity index (χ4v) is 3.04. The molecule has 1 atom stereocenters. The van der Waals surface area contributed by atoms with Crippen LogP contribution >= 0.6 is 0 Å². The Bertz CT molecular complexity index is 745. The zero-order valence-corrected chi connectivity index (χ0v) is 18.7. The van der Waals surface area contributed by atoms with Crippen LogP contribution in [-0.2, 0) is 11.3 Å². The standard InChI is InChI=1S/C24H36N4O2/c1-5-25-24(27-15-14-19(2)21-8-12-23(30-4)13-9-21)28-18-20-6-10-22(11-7-20)26-16-17-29-3/h6-13,19,26H,5,14-18H2,1-4H3,(H2,25,27,28). The first kappa shape index (κ1) is 23.5. The number of ether oxygens (including phenoxy) is 2. The van der Waals surface area contributed by atoms with E-state index in [4.69, 9.17) is 14.5 Å². The van der Waals surface area contributed by atoms with Gasteiger partial charge in [0.25, 0.3) is 0 Å². The summed E-state index contributed by atoms with van der Waals surface area (Å²) in [5, 5.41) is 10.1. The van der Waals surface area contributed by atoms with Crippen LogP contribution in [0.25, 0.3) is 0 Å². The minimum Gasteiger partial charge on any atom is -0.497 e. The van der Waals surface area contributed by atoms with Gasteiger partial charge in [0.05, 0.1) is 20.3 Å². The Kier molecular flexibility index (Phi) is 10.6. The number of nitrogens with zero attached hydrogens (tertiary/aromatic N) is 1. The van der Waals surface area contributed by atoms with E-state index in [9.17, 15) is 0 Å². The van der Waals surface area contributed by atoms with Crippen molar-refractivity contribution in [1.29, 1.82) is 0 Å². The first-order valence-electron chi connectivity index (χ1n) is 10.6. The van der Waals surface area contributed by atoms with E-state index in [2.05, 4.69) is 66.2 Å². The zero-order valence-electron chi connectivity index (χ0n) is 18.7. The Morgan fingerprint density at radius 3 is 2.33 bits per heavy atom. The largest absolute Gasteiger partial charge is 0.497 e. The molecule has 2 aromatic rings. The summed E-state index contributed by atoms with van der Waals surface area (Å²) < 4.78 is 10.3.